The molecule has 3 aromatic rings. The lowest BCUT2D eigenvalue weighted by atomic mass is 10.2. The highest BCUT2D eigenvalue weighted by molar-refractivity contribution is 7.99. The molecule has 1 amide bonds. The lowest BCUT2D eigenvalue weighted by Crippen LogP contribution is -2.33. The van der Waals surface area contributed by atoms with Crippen LogP contribution in [-0.2, 0) is 4.79 Å². The van der Waals surface area contributed by atoms with Crippen LogP contribution in [0.3, 0.4) is 0 Å². The molecule has 3 heterocycles. The third-order valence-corrected chi connectivity index (χ3v) is 6.16. The van der Waals surface area contributed by atoms with Crippen molar-refractivity contribution in [3.8, 4) is 22.8 Å². The molecule has 0 unspecified atom stereocenters. The van der Waals surface area contributed by atoms with Crippen LogP contribution in [0.1, 0.15) is 32.6 Å². The minimum atomic E-state index is 0.163. The predicted molar refractivity (Wildman–Crippen MR) is 122 cm³/mol. The quantitative estimate of drug-likeness (QED) is 0.515. The number of benzene rings is 1. The molecule has 7 nitrogen and oxygen atoms in total. The van der Waals surface area contributed by atoms with Gasteiger partial charge in [0.2, 0.25) is 5.91 Å². The summed E-state index contributed by atoms with van der Waals surface area (Å²) in [5, 5.41) is 9.52. The number of thioether (sulfide) groups is 1. The average Bonchev–Trinajstić information content (AvgIpc) is 3.03. The van der Waals surface area contributed by atoms with E-state index in [1.54, 1.807) is 12.4 Å². The van der Waals surface area contributed by atoms with E-state index in [4.69, 9.17) is 4.74 Å². The van der Waals surface area contributed by atoms with Gasteiger partial charge in [0.05, 0.1) is 12.4 Å². The molecule has 0 spiro atoms. The molecule has 31 heavy (non-hydrogen) atoms. The minimum Gasteiger partial charge on any atom is -0.494 e. The monoisotopic (exact) mass is 437 g/mol. The SMILES string of the molecule is CCOc1ccc(-n2c(SCC(=O)N3CCCCCC3)nnc2-c2cccnc2)cc1. The summed E-state index contributed by atoms with van der Waals surface area (Å²) in [7, 11) is 0. The number of likely N-dealkylation sites (tertiary alicyclic amines) is 1. The van der Waals surface area contributed by atoms with Crippen LogP contribution in [0.25, 0.3) is 17.1 Å². The molecule has 0 N–H and O–H groups in total. The Hall–Kier alpha value is -2.87. The lowest BCUT2D eigenvalue weighted by Gasteiger charge is -2.20. The zero-order valence-electron chi connectivity index (χ0n) is 17.7. The smallest absolute Gasteiger partial charge is 0.233 e. The van der Waals surface area contributed by atoms with Crippen LogP contribution in [-0.4, -0.2) is 56.0 Å². The molecule has 1 aromatic carbocycles. The van der Waals surface area contributed by atoms with Gasteiger partial charge in [0.1, 0.15) is 5.75 Å². The van der Waals surface area contributed by atoms with E-state index in [1.807, 2.05) is 52.8 Å². The number of rotatable bonds is 7. The Bertz CT molecular complexity index is 983. The molecule has 2 aromatic heterocycles. The largest absolute Gasteiger partial charge is 0.494 e. The van der Waals surface area contributed by atoms with Gasteiger partial charge >= 0.3 is 0 Å². The summed E-state index contributed by atoms with van der Waals surface area (Å²) in [6.07, 6.45) is 8.09. The van der Waals surface area contributed by atoms with Crippen LogP contribution in [0.4, 0.5) is 0 Å². The normalized spacial score (nSPS) is 14.3. The summed E-state index contributed by atoms with van der Waals surface area (Å²) in [6, 6.07) is 11.7. The van der Waals surface area contributed by atoms with Crippen LogP contribution in [0, 0.1) is 0 Å². The molecule has 1 aliphatic rings. The van der Waals surface area contributed by atoms with E-state index >= 15 is 0 Å². The first kappa shape index (κ1) is 21.4. The molecule has 0 atom stereocenters. The molecule has 8 heteroatoms. The predicted octanol–water partition coefficient (Wildman–Crippen LogP) is 4.22. The lowest BCUT2D eigenvalue weighted by molar-refractivity contribution is -0.128. The van der Waals surface area contributed by atoms with Crippen molar-refractivity contribution in [2.75, 3.05) is 25.4 Å². The van der Waals surface area contributed by atoms with Crippen molar-refractivity contribution in [2.45, 2.75) is 37.8 Å². The van der Waals surface area contributed by atoms with E-state index in [0.29, 0.717) is 23.3 Å². The second kappa shape index (κ2) is 10.4. The van der Waals surface area contributed by atoms with Gasteiger partial charge in [-0.05, 0) is 56.2 Å². The van der Waals surface area contributed by atoms with Gasteiger partial charge in [-0.25, -0.2) is 0 Å². The summed E-state index contributed by atoms with van der Waals surface area (Å²) in [4.78, 5) is 19.0. The maximum atomic E-state index is 12.8. The van der Waals surface area contributed by atoms with E-state index in [-0.39, 0.29) is 5.91 Å². The Morgan fingerprint density at radius 1 is 1.06 bits per heavy atom. The summed E-state index contributed by atoms with van der Waals surface area (Å²) in [6.45, 7) is 4.29. The fourth-order valence-corrected chi connectivity index (χ4v) is 4.53. The highest BCUT2D eigenvalue weighted by Gasteiger charge is 2.20. The molecule has 4 rings (SSSR count). The van der Waals surface area contributed by atoms with Gasteiger partial charge in [-0.15, -0.1) is 10.2 Å². The van der Waals surface area contributed by atoms with Crippen molar-refractivity contribution in [1.29, 1.82) is 0 Å². The molecular formula is C23H27N5O2S. The number of aromatic nitrogens is 4. The molecule has 1 saturated heterocycles. The van der Waals surface area contributed by atoms with Gasteiger partial charge in [0, 0.05) is 36.7 Å². The van der Waals surface area contributed by atoms with Crippen LogP contribution >= 0.6 is 11.8 Å². The van der Waals surface area contributed by atoms with Crippen molar-refractivity contribution < 1.29 is 9.53 Å². The average molecular weight is 438 g/mol. The van der Waals surface area contributed by atoms with Gasteiger partial charge < -0.3 is 9.64 Å². The second-order valence-corrected chi connectivity index (χ2v) is 8.34. The number of carbonyl (C=O) groups excluding carboxylic acids is 1. The molecule has 0 saturated carbocycles. The van der Waals surface area contributed by atoms with Crippen molar-refractivity contribution in [3.05, 3.63) is 48.8 Å². The first-order valence-electron chi connectivity index (χ1n) is 10.8. The molecule has 0 aliphatic carbocycles. The molecule has 0 bridgehead atoms. The van der Waals surface area contributed by atoms with Crippen LogP contribution in [0.5, 0.6) is 5.75 Å². The summed E-state index contributed by atoms with van der Waals surface area (Å²) in [5.74, 6) is 2.02. The third kappa shape index (κ3) is 5.25. The first-order chi connectivity index (χ1) is 15.3. The van der Waals surface area contributed by atoms with E-state index in [1.165, 1.54) is 24.6 Å². The van der Waals surface area contributed by atoms with Gasteiger partial charge in [-0.3, -0.25) is 14.3 Å². The molecule has 0 radical (unpaired) electrons. The zero-order chi connectivity index (χ0) is 21.5. The van der Waals surface area contributed by atoms with Gasteiger partial charge in [0.15, 0.2) is 11.0 Å². The van der Waals surface area contributed by atoms with Crippen molar-refractivity contribution in [2.24, 2.45) is 0 Å². The van der Waals surface area contributed by atoms with Gasteiger partial charge in [-0.2, -0.15) is 0 Å². The Morgan fingerprint density at radius 3 is 2.52 bits per heavy atom. The van der Waals surface area contributed by atoms with Crippen molar-refractivity contribution in [3.63, 3.8) is 0 Å². The van der Waals surface area contributed by atoms with Crippen molar-refractivity contribution in [1.82, 2.24) is 24.6 Å². The van der Waals surface area contributed by atoms with Crippen LogP contribution in [0.2, 0.25) is 0 Å². The second-order valence-electron chi connectivity index (χ2n) is 7.39. The maximum Gasteiger partial charge on any atom is 0.233 e. The Kier molecular flexibility index (Phi) is 7.19. The van der Waals surface area contributed by atoms with E-state index in [9.17, 15) is 4.79 Å². The Labute approximate surface area is 186 Å². The van der Waals surface area contributed by atoms with Gasteiger partial charge in [0.25, 0.3) is 0 Å². The summed E-state index contributed by atoms with van der Waals surface area (Å²) < 4.78 is 7.55. The highest BCUT2D eigenvalue weighted by atomic mass is 32.2. The van der Waals surface area contributed by atoms with Crippen molar-refractivity contribution >= 4 is 17.7 Å². The van der Waals surface area contributed by atoms with E-state index < -0.39 is 0 Å². The minimum absolute atomic E-state index is 0.163. The highest BCUT2D eigenvalue weighted by Crippen LogP contribution is 2.29. The number of nitrogens with zero attached hydrogens (tertiary/aromatic N) is 5. The number of ether oxygens (including phenoxy) is 1. The number of pyridine rings is 1. The topological polar surface area (TPSA) is 73.1 Å². The maximum absolute atomic E-state index is 12.8. The molecule has 1 fully saturated rings. The fourth-order valence-electron chi connectivity index (χ4n) is 3.67. The van der Waals surface area contributed by atoms with E-state index in [2.05, 4.69) is 15.2 Å². The number of amides is 1. The van der Waals surface area contributed by atoms with Crippen LogP contribution < -0.4 is 4.74 Å². The third-order valence-electron chi connectivity index (χ3n) is 5.24. The number of carbonyl (C=O) groups is 1. The van der Waals surface area contributed by atoms with Crippen LogP contribution in [0.15, 0.2) is 53.9 Å². The first-order valence-corrected chi connectivity index (χ1v) is 11.7. The summed E-state index contributed by atoms with van der Waals surface area (Å²) in [5.41, 5.74) is 1.78. The summed E-state index contributed by atoms with van der Waals surface area (Å²) >= 11 is 1.43. The molecule has 162 valence electrons. The fraction of sp³-hybridized carbons (Fsp3) is 0.391. The number of hydrogen-bond donors (Lipinski definition) is 0. The molecule has 1 aliphatic heterocycles. The Balaban J connectivity index is 1.60. The van der Waals surface area contributed by atoms with Gasteiger partial charge in [-0.1, -0.05) is 24.6 Å². The standard InChI is InChI=1S/C23H27N5O2S/c1-2-30-20-11-9-19(10-12-20)28-22(18-8-7-13-24-16-18)25-26-23(28)31-17-21(29)27-14-5-3-4-6-15-27/h7-13,16H,2-6,14-15,17H2,1H3. The van der Waals surface area contributed by atoms with E-state index in [0.717, 1.165) is 42.9 Å². The molecular weight excluding hydrogens is 410 g/mol. The zero-order valence-corrected chi connectivity index (χ0v) is 18.6. The Morgan fingerprint density at radius 2 is 1.84 bits per heavy atom. The number of hydrogen-bond acceptors (Lipinski definition) is 6.